The molecule has 0 aromatic heterocycles. The van der Waals surface area contributed by atoms with E-state index < -0.39 is 0 Å². The predicted octanol–water partition coefficient (Wildman–Crippen LogP) is 6.50. The van der Waals surface area contributed by atoms with Crippen LogP contribution in [0.5, 0.6) is 11.5 Å². The van der Waals surface area contributed by atoms with Gasteiger partial charge in [0.25, 0.3) is 0 Å². The number of carbonyl (C=O) groups excluding carboxylic acids is 1. The van der Waals surface area contributed by atoms with Crippen molar-refractivity contribution in [1.29, 1.82) is 0 Å². The summed E-state index contributed by atoms with van der Waals surface area (Å²) in [7, 11) is 0. The highest BCUT2D eigenvalue weighted by Gasteiger charge is 2.08. The van der Waals surface area contributed by atoms with Gasteiger partial charge >= 0.3 is 5.97 Å². The summed E-state index contributed by atoms with van der Waals surface area (Å²) < 4.78 is 11.3. The summed E-state index contributed by atoms with van der Waals surface area (Å²) >= 11 is 0. The summed E-state index contributed by atoms with van der Waals surface area (Å²) in [5, 5.41) is 0. The van der Waals surface area contributed by atoms with E-state index in [0.29, 0.717) is 11.3 Å². The fourth-order valence-corrected chi connectivity index (χ4v) is 2.98. The molecule has 0 saturated heterocycles. The normalized spacial score (nSPS) is 10.3. The molecular formula is C26H20O3. The molecule has 4 rings (SSSR count). The van der Waals surface area contributed by atoms with Crippen molar-refractivity contribution >= 4 is 5.97 Å². The number of rotatable bonds is 6. The Morgan fingerprint density at radius 2 is 1.24 bits per heavy atom. The molecule has 0 heterocycles. The summed E-state index contributed by atoms with van der Waals surface area (Å²) in [5.41, 5.74) is 3.57. The zero-order chi connectivity index (χ0) is 19.9. The van der Waals surface area contributed by atoms with E-state index in [2.05, 4.69) is 0 Å². The van der Waals surface area contributed by atoms with Gasteiger partial charge in [-0.2, -0.15) is 0 Å². The van der Waals surface area contributed by atoms with E-state index in [4.69, 9.17) is 9.47 Å². The number of ether oxygens (including phenoxy) is 2. The molecule has 3 heteroatoms. The highest BCUT2D eigenvalue weighted by atomic mass is 16.5. The van der Waals surface area contributed by atoms with Crippen molar-refractivity contribution < 1.29 is 14.3 Å². The monoisotopic (exact) mass is 380 g/mol. The van der Waals surface area contributed by atoms with Gasteiger partial charge in [-0.05, 0) is 53.1 Å². The molecule has 0 radical (unpaired) electrons. The topological polar surface area (TPSA) is 35.5 Å². The average molecular weight is 380 g/mol. The van der Waals surface area contributed by atoms with E-state index in [-0.39, 0.29) is 12.6 Å². The second-order valence-corrected chi connectivity index (χ2v) is 6.58. The van der Waals surface area contributed by atoms with Gasteiger partial charge in [0.2, 0.25) is 0 Å². The van der Waals surface area contributed by atoms with Crippen LogP contribution in [0.15, 0.2) is 109 Å². The first-order valence-electron chi connectivity index (χ1n) is 9.42. The average Bonchev–Trinajstić information content (AvgIpc) is 2.79. The molecule has 4 aromatic carbocycles. The van der Waals surface area contributed by atoms with Gasteiger partial charge in [-0.15, -0.1) is 0 Å². The van der Waals surface area contributed by atoms with Crippen molar-refractivity contribution in [2.24, 2.45) is 0 Å². The smallest absolute Gasteiger partial charge is 0.338 e. The lowest BCUT2D eigenvalue weighted by molar-refractivity contribution is 0.0472. The van der Waals surface area contributed by atoms with Gasteiger partial charge < -0.3 is 9.47 Å². The molecule has 0 aliphatic carbocycles. The van der Waals surface area contributed by atoms with E-state index in [9.17, 15) is 4.79 Å². The molecule has 142 valence electrons. The SMILES string of the molecule is O=C(OCc1cccc(Oc2ccccc2)c1)c1ccc(-c2ccccc2)cc1. The van der Waals surface area contributed by atoms with Crippen LogP contribution in [0.4, 0.5) is 0 Å². The van der Waals surface area contributed by atoms with E-state index >= 15 is 0 Å². The second kappa shape index (κ2) is 8.89. The van der Waals surface area contributed by atoms with Crippen LogP contribution in [0.25, 0.3) is 11.1 Å². The van der Waals surface area contributed by atoms with E-state index in [1.54, 1.807) is 12.1 Å². The molecule has 0 atom stereocenters. The Hall–Kier alpha value is -3.85. The van der Waals surface area contributed by atoms with Gasteiger partial charge in [0.1, 0.15) is 18.1 Å². The zero-order valence-corrected chi connectivity index (χ0v) is 15.8. The highest BCUT2D eigenvalue weighted by molar-refractivity contribution is 5.90. The fraction of sp³-hybridized carbons (Fsp3) is 0.0385. The Morgan fingerprint density at radius 1 is 0.621 bits per heavy atom. The maximum Gasteiger partial charge on any atom is 0.338 e. The minimum absolute atomic E-state index is 0.186. The molecule has 0 saturated carbocycles. The summed E-state index contributed by atoms with van der Waals surface area (Å²) in [5.74, 6) is 1.12. The minimum atomic E-state index is -0.348. The van der Waals surface area contributed by atoms with Crippen molar-refractivity contribution in [2.45, 2.75) is 6.61 Å². The third-order valence-corrected chi connectivity index (χ3v) is 4.48. The quantitative estimate of drug-likeness (QED) is 0.358. The van der Waals surface area contributed by atoms with Crippen LogP contribution in [-0.2, 0) is 11.3 Å². The summed E-state index contributed by atoms with van der Waals surface area (Å²) in [4.78, 5) is 12.4. The van der Waals surface area contributed by atoms with Gasteiger partial charge in [0, 0.05) is 0 Å². The minimum Gasteiger partial charge on any atom is -0.457 e. The molecule has 0 bridgehead atoms. The molecule has 0 aliphatic rings. The molecular weight excluding hydrogens is 360 g/mol. The fourth-order valence-electron chi connectivity index (χ4n) is 2.98. The van der Waals surface area contributed by atoms with Crippen molar-refractivity contribution in [3.63, 3.8) is 0 Å². The van der Waals surface area contributed by atoms with Crippen molar-refractivity contribution in [2.75, 3.05) is 0 Å². The van der Waals surface area contributed by atoms with Crippen LogP contribution in [0, 0.1) is 0 Å². The predicted molar refractivity (Wildman–Crippen MR) is 114 cm³/mol. The van der Waals surface area contributed by atoms with Crippen molar-refractivity contribution in [3.8, 4) is 22.6 Å². The maximum atomic E-state index is 12.4. The highest BCUT2D eigenvalue weighted by Crippen LogP contribution is 2.23. The molecule has 0 spiro atoms. The van der Waals surface area contributed by atoms with Crippen LogP contribution < -0.4 is 4.74 Å². The first-order valence-corrected chi connectivity index (χ1v) is 9.42. The Kier molecular flexibility index (Phi) is 5.68. The number of esters is 1. The Morgan fingerprint density at radius 3 is 1.97 bits per heavy atom. The van der Waals surface area contributed by atoms with Crippen molar-refractivity contribution in [3.05, 3.63) is 120 Å². The van der Waals surface area contributed by atoms with Crippen LogP contribution in [0.1, 0.15) is 15.9 Å². The molecule has 29 heavy (non-hydrogen) atoms. The first-order chi connectivity index (χ1) is 14.3. The molecule has 0 aliphatic heterocycles. The number of hydrogen-bond donors (Lipinski definition) is 0. The van der Waals surface area contributed by atoms with E-state index in [1.807, 2.05) is 97.1 Å². The number of benzene rings is 4. The Balaban J connectivity index is 1.37. The Bertz CT molecular complexity index is 1070. The second-order valence-electron chi connectivity index (χ2n) is 6.58. The lowest BCUT2D eigenvalue weighted by atomic mass is 10.0. The number of carbonyl (C=O) groups is 1. The zero-order valence-electron chi connectivity index (χ0n) is 15.8. The lowest BCUT2D eigenvalue weighted by Gasteiger charge is -2.09. The van der Waals surface area contributed by atoms with Gasteiger partial charge in [-0.25, -0.2) is 4.79 Å². The van der Waals surface area contributed by atoms with E-state index in [0.717, 1.165) is 22.4 Å². The number of hydrogen-bond acceptors (Lipinski definition) is 3. The summed E-state index contributed by atoms with van der Waals surface area (Å²) in [6, 6.07) is 34.6. The maximum absolute atomic E-state index is 12.4. The third-order valence-electron chi connectivity index (χ3n) is 4.48. The molecule has 0 unspecified atom stereocenters. The molecule has 4 aromatic rings. The summed E-state index contributed by atoms with van der Waals surface area (Å²) in [6.45, 7) is 0.186. The Labute approximate surface area is 170 Å². The summed E-state index contributed by atoms with van der Waals surface area (Å²) in [6.07, 6.45) is 0. The van der Waals surface area contributed by atoms with Gasteiger partial charge in [-0.1, -0.05) is 72.8 Å². The van der Waals surface area contributed by atoms with Gasteiger partial charge in [-0.3, -0.25) is 0 Å². The number of para-hydroxylation sites is 1. The van der Waals surface area contributed by atoms with Crippen molar-refractivity contribution in [1.82, 2.24) is 0 Å². The molecule has 0 fully saturated rings. The first kappa shape index (κ1) is 18.5. The van der Waals surface area contributed by atoms with Gasteiger partial charge in [0.05, 0.1) is 5.56 Å². The van der Waals surface area contributed by atoms with Gasteiger partial charge in [0.15, 0.2) is 0 Å². The lowest BCUT2D eigenvalue weighted by Crippen LogP contribution is -2.05. The largest absolute Gasteiger partial charge is 0.457 e. The molecule has 0 amide bonds. The standard InChI is InChI=1S/C26H20O3/c27-26(23-16-14-22(15-17-23)21-9-3-1-4-10-21)28-19-20-8-7-13-25(18-20)29-24-11-5-2-6-12-24/h1-18H,19H2. The van der Waals surface area contributed by atoms with Crippen LogP contribution >= 0.6 is 0 Å². The van der Waals surface area contributed by atoms with Crippen LogP contribution in [0.2, 0.25) is 0 Å². The van der Waals surface area contributed by atoms with Crippen LogP contribution in [0.3, 0.4) is 0 Å². The van der Waals surface area contributed by atoms with E-state index in [1.165, 1.54) is 0 Å². The molecule has 0 N–H and O–H groups in total. The molecule has 3 nitrogen and oxygen atoms in total. The third kappa shape index (κ3) is 4.90. The van der Waals surface area contributed by atoms with Crippen LogP contribution in [-0.4, -0.2) is 5.97 Å².